The summed E-state index contributed by atoms with van der Waals surface area (Å²) in [6.45, 7) is 2.10. The Labute approximate surface area is 99.3 Å². The smallest absolute Gasteiger partial charge is 0.253 e. The van der Waals surface area contributed by atoms with Gasteiger partial charge in [-0.1, -0.05) is 43.1 Å². The molecule has 84 valence electrons. The lowest BCUT2D eigenvalue weighted by atomic mass is 10.1. The van der Waals surface area contributed by atoms with E-state index in [-0.39, 0.29) is 5.56 Å². The van der Waals surface area contributed by atoms with Gasteiger partial charge in [-0.15, -0.1) is 0 Å². The standard InChI is InChI=1S/C13H14ClNO/c1-2-3-6-10-12(14)9-7-4-5-8-11(9)15-13(10)16/h4-5,7-8H,2-3,6H2,1H3,(H,15,16). The number of unbranched alkanes of at least 4 members (excludes halogenated alkanes) is 1. The van der Waals surface area contributed by atoms with Crippen LogP contribution in [0.3, 0.4) is 0 Å². The van der Waals surface area contributed by atoms with Crippen LogP contribution >= 0.6 is 11.6 Å². The number of aromatic nitrogens is 1. The summed E-state index contributed by atoms with van der Waals surface area (Å²) < 4.78 is 0. The van der Waals surface area contributed by atoms with Crippen molar-refractivity contribution in [3.63, 3.8) is 0 Å². The summed E-state index contributed by atoms with van der Waals surface area (Å²) in [5.41, 5.74) is 1.46. The average molecular weight is 236 g/mol. The minimum atomic E-state index is -0.0582. The lowest BCUT2D eigenvalue weighted by Gasteiger charge is -2.06. The Hall–Kier alpha value is -1.28. The quantitative estimate of drug-likeness (QED) is 0.868. The average Bonchev–Trinajstić information content (AvgIpc) is 2.29. The number of halogens is 1. The molecule has 0 amide bonds. The van der Waals surface area contributed by atoms with Crippen molar-refractivity contribution in [3.05, 3.63) is 45.2 Å². The van der Waals surface area contributed by atoms with E-state index in [9.17, 15) is 4.79 Å². The predicted molar refractivity (Wildman–Crippen MR) is 68.2 cm³/mol. The number of hydrogen-bond donors (Lipinski definition) is 1. The lowest BCUT2D eigenvalue weighted by Crippen LogP contribution is -2.13. The van der Waals surface area contributed by atoms with Crippen molar-refractivity contribution in [2.24, 2.45) is 0 Å². The van der Waals surface area contributed by atoms with E-state index in [4.69, 9.17) is 11.6 Å². The number of H-pyrrole nitrogens is 1. The summed E-state index contributed by atoms with van der Waals surface area (Å²) in [6.07, 6.45) is 2.79. The second-order valence-electron chi connectivity index (χ2n) is 3.90. The van der Waals surface area contributed by atoms with Crippen molar-refractivity contribution >= 4 is 22.5 Å². The summed E-state index contributed by atoms with van der Waals surface area (Å²) in [5, 5.41) is 1.53. The fourth-order valence-electron chi connectivity index (χ4n) is 1.82. The summed E-state index contributed by atoms with van der Waals surface area (Å²) in [5.74, 6) is 0. The lowest BCUT2D eigenvalue weighted by molar-refractivity contribution is 0.788. The Morgan fingerprint density at radius 3 is 2.81 bits per heavy atom. The van der Waals surface area contributed by atoms with Crippen LogP contribution in [0.15, 0.2) is 29.1 Å². The molecule has 0 fully saturated rings. The minimum Gasteiger partial charge on any atom is -0.322 e. The van der Waals surface area contributed by atoms with Crippen molar-refractivity contribution in [1.82, 2.24) is 4.98 Å². The van der Waals surface area contributed by atoms with Gasteiger partial charge in [-0.2, -0.15) is 0 Å². The number of rotatable bonds is 3. The molecule has 0 saturated heterocycles. The molecule has 2 aromatic rings. The fourth-order valence-corrected chi connectivity index (χ4v) is 2.17. The SMILES string of the molecule is CCCCc1c(Cl)c2ccccc2[nH]c1=O. The van der Waals surface area contributed by atoms with Crippen molar-refractivity contribution < 1.29 is 0 Å². The molecule has 1 heterocycles. The van der Waals surface area contributed by atoms with Gasteiger partial charge >= 0.3 is 0 Å². The fraction of sp³-hybridized carbons (Fsp3) is 0.308. The molecule has 0 atom stereocenters. The van der Waals surface area contributed by atoms with Gasteiger partial charge in [0.05, 0.1) is 5.02 Å². The van der Waals surface area contributed by atoms with Crippen LogP contribution in [0.2, 0.25) is 5.02 Å². The third kappa shape index (κ3) is 1.98. The van der Waals surface area contributed by atoms with Crippen LogP contribution in [0, 0.1) is 0 Å². The Morgan fingerprint density at radius 1 is 1.31 bits per heavy atom. The second kappa shape index (κ2) is 4.71. The molecule has 0 unspecified atom stereocenters. The van der Waals surface area contributed by atoms with Crippen molar-refractivity contribution in [3.8, 4) is 0 Å². The van der Waals surface area contributed by atoms with Crippen molar-refractivity contribution in [1.29, 1.82) is 0 Å². The van der Waals surface area contributed by atoms with Crippen LogP contribution in [0.5, 0.6) is 0 Å². The molecule has 0 saturated carbocycles. The number of pyridine rings is 1. The van der Waals surface area contributed by atoms with Crippen LogP contribution in [0.4, 0.5) is 0 Å². The van der Waals surface area contributed by atoms with Crippen LogP contribution in [0.25, 0.3) is 10.9 Å². The Kier molecular flexibility index (Phi) is 3.30. The molecule has 0 aliphatic carbocycles. The van der Waals surface area contributed by atoms with Crippen LogP contribution < -0.4 is 5.56 Å². The van der Waals surface area contributed by atoms with Gasteiger partial charge < -0.3 is 4.98 Å². The zero-order valence-electron chi connectivity index (χ0n) is 9.22. The van der Waals surface area contributed by atoms with Crippen LogP contribution in [-0.2, 0) is 6.42 Å². The van der Waals surface area contributed by atoms with E-state index in [1.54, 1.807) is 0 Å². The summed E-state index contributed by atoms with van der Waals surface area (Å²) in [7, 11) is 0. The molecule has 1 aromatic heterocycles. The van der Waals surface area contributed by atoms with Gasteiger partial charge in [-0.3, -0.25) is 4.79 Å². The molecule has 2 nitrogen and oxygen atoms in total. The van der Waals surface area contributed by atoms with Crippen LogP contribution in [-0.4, -0.2) is 4.98 Å². The number of aromatic amines is 1. The molecule has 0 aliphatic rings. The highest BCUT2D eigenvalue weighted by atomic mass is 35.5. The Balaban J connectivity index is 2.61. The predicted octanol–water partition coefficient (Wildman–Crippen LogP) is 3.52. The molecule has 0 radical (unpaired) electrons. The van der Waals surface area contributed by atoms with Crippen molar-refractivity contribution in [2.75, 3.05) is 0 Å². The van der Waals surface area contributed by atoms with Crippen LogP contribution in [0.1, 0.15) is 25.3 Å². The maximum absolute atomic E-state index is 11.8. The molecule has 1 N–H and O–H groups in total. The summed E-state index contributed by atoms with van der Waals surface area (Å²) in [4.78, 5) is 14.7. The normalized spacial score (nSPS) is 10.9. The van der Waals surface area contributed by atoms with Gasteiger partial charge in [0.15, 0.2) is 0 Å². The first-order valence-electron chi connectivity index (χ1n) is 5.53. The first-order valence-corrected chi connectivity index (χ1v) is 5.91. The second-order valence-corrected chi connectivity index (χ2v) is 4.27. The third-order valence-electron chi connectivity index (χ3n) is 2.73. The molecule has 16 heavy (non-hydrogen) atoms. The number of hydrogen-bond acceptors (Lipinski definition) is 1. The van der Waals surface area contributed by atoms with Gasteiger partial charge in [0.1, 0.15) is 0 Å². The number of para-hydroxylation sites is 1. The van der Waals surface area contributed by atoms with Crippen molar-refractivity contribution in [2.45, 2.75) is 26.2 Å². The highest BCUT2D eigenvalue weighted by Gasteiger charge is 2.09. The van der Waals surface area contributed by atoms with Gasteiger partial charge in [-0.05, 0) is 18.9 Å². The van der Waals surface area contributed by atoms with Gasteiger partial charge in [0.25, 0.3) is 5.56 Å². The number of benzene rings is 1. The van der Waals surface area contributed by atoms with E-state index in [2.05, 4.69) is 11.9 Å². The highest BCUT2D eigenvalue weighted by Crippen LogP contribution is 2.24. The Morgan fingerprint density at radius 2 is 2.06 bits per heavy atom. The van der Waals surface area contributed by atoms with E-state index in [0.29, 0.717) is 10.6 Å². The van der Waals surface area contributed by atoms with E-state index in [1.807, 2.05) is 24.3 Å². The molecule has 0 aliphatic heterocycles. The molecule has 2 rings (SSSR count). The van der Waals surface area contributed by atoms with E-state index in [1.165, 1.54) is 0 Å². The molecular formula is C13H14ClNO. The monoisotopic (exact) mass is 235 g/mol. The molecule has 1 aromatic carbocycles. The Bertz CT molecular complexity index is 559. The number of fused-ring (bicyclic) bond motifs is 1. The first kappa shape index (κ1) is 11.2. The first-order chi connectivity index (χ1) is 7.74. The van der Waals surface area contributed by atoms with E-state index in [0.717, 1.165) is 30.2 Å². The highest BCUT2D eigenvalue weighted by molar-refractivity contribution is 6.36. The largest absolute Gasteiger partial charge is 0.322 e. The topological polar surface area (TPSA) is 32.9 Å². The number of nitrogens with one attached hydrogen (secondary N) is 1. The van der Waals surface area contributed by atoms with Gasteiger partial charge in [0, 0.05) is 16.5 Å². The van der Waals surface area contributed by atoms with E-state index < -0.39 is 0 Å². The summed E-state index contributed by atoms with van der Waals surface area (Å²) in [6, 6.07) is 7.62. The zero-order valence-corrected chi connectivity index (χ0v) is 9.97. The molecule has 0 spiro atoms. The molecular weight excluding hydrogens is 222 g/mol. The van der Waals surface area contributed by atoms with Gasteiger partial charge in [-0.25, -0.2) is 0 Å². The zero-order chi connectivity index (χ0) is 11.5. The molecule has 0 bridgehead atoms. The maximum Gasteiger partial charge on any atom is 0.253 e. The maximum atomic E-state index is 11.8. The minimum absolute atomic E-state index is 0.0582. The third-order valence-corrected chi connectivity index (χ3v) is 3.16. The van der Waals surface area contributed by atoms with E-state index >= 15 is 0 Å². The summed E-state index contributed by atoms with van der Waals surface area (Å²) >= 11 is 6.26. The van der Waals surface area contributed by atoms with Gasteiger partial charge in [0.2, 0.25) is 0 Å². The molecule has 3 heteroatoms.